The molecule has 0 fully saturated rings. The Morgan fingerprint density at radius 2 is 0.444 bits per heavy atom. The Morgan fingerprint density at radius 3 is 0.691 bits per heavy atom. The van der Waals surface area contributed by atoms with Crippen molar-refractivity contribution in [1.29, 1.82) is 0 Å². The van der Waals surface area contributed by atoms with Crippen LogP contribution in [0.25, 0.3) is 0 Å². The quantitative estimate of drug-likeness (QED) is 0.0261. The second-order valence-corrected chi connectivity index (χ2v) is 24.9. The maximum atomic E-state index is 13.0. The summed E-state index contributed by atoms with van der Waals surface area (Å²) in [7, 11) is 0. The first-order chi connectivity index (χ1) is 40.0. The molecule has 0 radical (unpaired) electrons. The number of hydrogen-bond donors (Lipinski definition) is 0. The number of ether oxygens (including phenoxy) is 3. The Balaban J connectivity index is 4.32. The van der Waals surface area contributed by atoms with Crippen molar-refractivity contribution in [1.82, 2.24) is 0 Å². The van der Waals surface area contributed by atoms with Gasteiger partial charge in [-0.25, -0.2) is 0 Å². The van der Waals surface area contributed by atoms with Crippen LogP contribution < -0.4 is 0 Å². The van der Waals surface area contributed by atoms with E-state index in [2.05, 4.69) is 57.2 Å². The minimum atomic E-state index is -0.773. The molecule has 476 valence electrons. The minimum absolute atomic E-state index is 0.0681. The minimum Gasteiger partial charge on any atom is -0.462 e. The summed E-state index contributed by atoms with van der Waals surface area (Å²) < 4.78 is 17.0. The maximum Gasteiger partial charge on any atom is 0.306 e. The predicted octanol–water partition coefficient (Wildman–Crippen LogP) is 25.1. The van der Waals surface area contributed by atoms with Crippen LogP contribution in [0.3, 0.4) is 0 Å². The van der Waals surface area contributed by atoms with Gasteiger partial charge in [0.05, 0.1) is 0 Å². The summed E-state index contributed by atoms with van der Waals surface area (Å²) in [6, 6.07) is 0. The SMILES string of the molecule is CCCCCCC/C=C\C/C=C\C/C=C\CCCCCCCCCCC(=O)OCC(COC(=O)CCCCCCCCCCCCCCCCCCCC)OC(=O)CCCCCCCCCCCCCCCCCCCCCCCC. The number of unbranched alkanes of at least 4 members (excludes halogenated alkanes) is 51. The van der Waals surface area contributed by atoms with E-state index >= 15 is 0 Å². The van der Waals surface area contributed by atoms with Crippen molar-refractivity contribution in [2.45, 2.75) is 412 Å². The molecule has 0 aliphatic carbocycles. The first-order valence-electron chi connectivity index (χ1n) is 36.5. The number of esters is 3. The van der Waals surface area contributed by atoms with Gasteiger partial charge in [0.15, 0.2) is 6.10 Å². The largest absolute Gasteiger partial charge is 0.462 e. The predicted molar refractivity (Wildman–Crippen MR) is 353 cm³/mol. The third-order valence-electron chi connectivity index (χ3n) is 16.6. The highest BCUT2D eigenvalue weighted by atomic mass is 16.6. The smallest absolute Gasteiger partial charge is 0.306 e. The van der Waals surface area contributed by atoms with Crippen LogP contribution in [0.5, 0.6) is 0 Å². The second-order valence-electron chi connectivity index (χ2n) is 24.9. The van der Waals surface area contributed by atoms with Gasteiger partial charge in [-0.05, 0) is 57.8 Å². The molecule has 0 saturated heterocycles. The zero-order valence-corrected chi connectivity index (χ0v) is 54.8. The van der Waals surface area contributed by atoms with E-state index in [0.29, 0.717) is 19.3 Å². The molecule has 0 heterocycles. The molecule has 0 N–H and O–H groups in total. The second kappa shape index (κ2) is 70.1. The molecule has 6 heteroatoms. The molecule has 0 saturated carbocycles. The third-order valence-corrected chi connectivity index (χ3v) is 16.6. The Hall–Kier alpha value is -2.37. The monoisotopic (exact) mass is 1140 g/mol. The van der Waals surface area contributed by atoms with Crippen molar-refractivity contribution in [3.63, 3.8) is 0 Å². The maximum absolute atomic E-state index is 13.0. The average molecular weight is 1140 g/mol. The van der Waals surface area contributed by atoms with Gasteiger partial charge in [0.2, 0.25) is 0 Å². The molecular weight excluding hydrogens is 997 g/mol. The van der Waals surface area contributed by atoms with Gasteiger partial charge >= 0.3 is 17.9 Å². The van der Waals surface area contributed by atoms with E-state index in [1.54, 1.807) is 0 Å². The molecule has 0 bridgehead atoms. The summed E-state index contributed by atoms with van der Waals surface area (Å²) in [5.74, 6) is -0.841. The summed E-state index contributed by atoms with van der Waals surface area (Å²) in [5.41, 5.74) is 0. The van der Waals surface area contributed by atoms with Crippen LogP contribution in [0.2, 0.25) is 0 Å². The van der Waals surface area contributed by atoms with Crippen molar-refractivity contribution < 1.29 is 28.6 Å². The standard InChI is InChI=1S/C75H140O6/c1-4-7-10-13-16-19-22-25-28-31-34-36-38-40-41-44-47-50-53-56-59-62-65-68-74(77)80-71-72(70-79-73(76)67-64-61-58-55-52-49-46-43-33-30-27-24-21-18-15-12-9-6-3)81-75(78)69-66-63-60-57-54-51-48-45-42-39-37-35-32-29-26-23-20-17-14-11-8-5-2/h22,25,31,34,38,40,72H,4-21,23-24,26-30,32-33,35-37,39,41-71H2,1-3H3/b25-22-,34-31-,40-38-. The molecule has 1 atom stereocenters. The number of carbonyl (C=O) groups excluding carboxylic acids is 3. The first kappa shape index (κ1) is 78.6. The van der Waals surface area contributed by atoms with Gasteiger partial charge in [0, 0.05) is 19.3 Å². The lowest BCUT2D eigenvalue weighted by molar-refractivity contribution is -0.167. The van der Waals surface area contributed by atoms with E-state index in [0.717, 1.165) is 77.0 Å². The van der Waals surface area contributed by atoms with Crippen LogP contribution in [-0.2, 0) is 28.6 Å². The third kappa shape index (κ3) is 68.3. The number of rotatable bonds is 68. The lowest BCUT2D eigenvalue weighted by atomic mass is 10.0. The topological polar surface area (TPSA) is 78.9 Å². The zero-order valence-electron chi connectivity index (χ0n) is 54.8. The Morgan fingerprint density at radius 1 is 0.247 bits per heavy atom. The molecule has 1 unspecified atom stereocenters. The van der Waals surface area contributed by atoms with Crippen LogP contribution in [0, 0.1) is 0 Å². The van der Waals surface area contributed by atoms with Crippen molar-refractivity contribution >= 4 is 17.9 Å². The van der Waals surface area contributed by atoms with E-state index < -0.39 is 6.10 Å². The summed E-state index contributed by atoms with van der Waals surface area (Å²) in [5, 5.41) is 0. The molecule has 0 aliphatic heterocycles. The molecule has 6 nitrogen and oxygen atoms in total. The highest BCUT2D eigenvalue weighted by molar-refractivity contribution is 5.71. The summed E-state index contributed by atoms with van der Waals surface area (Å²) >= 11 is 0. The Kier molecular flexibility index (Phi) is 68.1. The van der Waals surface area contributed by atoms with Gasteiger partial charge in [-0.2, -0.15) is 0 Å². The lowest BCUT2D eigenvalue weighted by Crippen LogP contribution is -2.30. The van der Waals surface area contributed by atoms with E-state index in [1.807, 2.05) is 0 Å². The Bertz CT molecular complexity index is 1350. The van der Waals surface area contributed by atoms with Crippen LogP contribution in [0.15, 0.2) is 36.5 Å². The van der Waals surface area contributed by atoms with Crippen LogP contribution >= 0.6 is 0 Å². The lowest BCUT2D eigenvalue weighted by Gasteiger charge is -2.18. The fourth-order valence-electron chi connectivity index (χ4n) is 11.2. The van der Waals surface area contributed by atoms with E-state index in [-0.39, 0.29) is 31.1 Å². The molecule has 81 heavy (non-hydrogen) atoms. The Labute approximate surface area is 506 Å². The summed E-state index contributed by atoms with van der Waals surface area (Å²) in [6.45, 7) is 6.71. The molecule has 0 rings (SSSR count). The molecule has 0 amide bonds. The van der Waals surface area contributed by atoms with Crippen molar-refractivity contribution in [3.05, 3.63) is 36.5 Å². The van der Waals surface area contributed by atoms with Gasteiger partial charge in [-0.15, -0.1) is 0 Å². The van der Waals surface area contributed by atoms with Gasteiger partial charge in [0.25, 0.3) is 0 Å². The van der Waals surface area contributed by atoms with Crippen molar-refractivity contribution in [2.24, 2.45) is 0 Å². The fourth-order valence-corrected chi connectivity index (χ4v) is 11.2. The van der Waals surface area contributed by atoms with Gasteiger partial charge in [-0.3, -0.25) is 14.4 Å². The normalized spacial score (nSPS) is 12.2. The molecular formula is C75H140O6. The molecule has 0 aromatic rings. The van der Waals surface area contributed by atoms with E-state index in [9.17, 15) is 14.4 Å². The molecule has 0 spiro atoms. The highest BCUT2D eigenvalue weighted by Crippen LogP contribution is 2.19. The highest BCUT2D eigenvalue weighted by Gasteiger charge is 2.19. The van der Waals surface area contributed by atoms with Crippen LogP contribution in [-0.4, -0.2) is 37.2 Å². The number of carbonyl (C=O) groups is 3. The van der Waals surface area contributed by atoms with Crippen LogP contribution in [0.1, 0.15) is 406 Å². The number of hydrogen-bond acceptors (Lipinski definition) is 6. The van der Waals surface area contributed by atoms with E-state index in [4.69, 9.17) is 14.2 Å². The van der Waals surface area contributed by atoms with Gasteiger partial charge in [0.1, 0.15) is 13.2 Å². The molecule has 0 aromatic carbocycles. The fraction of sp³-hybridized carbons (Fsp3) is 0.880. The molecule has 0 aliphatic rings. The average Bonchev–Trinajstić information content (AvgIpc) is 3.47. The summed E-state index contributed by atoms with van der Waals surface area (Å²) in [4.78, 5) is 38.5. The van der Waals surface area contributed by atoms with Crippen LogP contribution in [0.4, 0.5) is 0 Å². The molecule has 0 aromatic heterocycles. The first-order valence-corrected chi connectivity index (χ1v) is 36.5. The zero-order chi connectivity index (χ0) is 58.5. The van der Waals surface area contributed by atoms with E-state index in [1.165, 1.54) is 289 Å². The van der Waals surface area contributed by atoms with Crippen molar-refractivity contribution in [2.75, 3.05) is 13.2 Å². The van der Waals surface area contributed by atoms with Gasteiger partial charge in [-0.1, -0.05) is 365 Å². The van der Waals surface area contributed by atoms with Crippen molar-refractivity contribution in [3.8, 4) is 0 Å². The van der Waals surface area contributed by atoms with Gasteiger partial charge < -0.3 is 14.2 Å². The summed E-state index contributed by atoms with van der Waals surface area (Å²) in [6.07, 6.45) is 87.4. The number of allylic oxidation sites excluding steroid dienone is 6.